The van der Waals surface area contributed by atoms with Gasteiger partial charge in [-0.1, -0.05) is 37.3 Å². The lowest BCUT2D eigenvalue weighted by molar-refractivity contribution is 1.08. The summed E-state index contributed by atoms with van der Waals surface area (Å²) >= 11 is 6.39. The summed E-state index contributed by atoms with van der Waals surface area (Å²) in [6.07, 6.45) is 4.62. The van der Waals surface area contributed by atoms with Crippen LogP contribution in [-0.4, -0.2) is 4.98 Å². The molecular formula is C14H14ClN. The fourth-order valence-corrected chi connectivity index (χ4v) is 1.92. The highest BCUT2D eigenvalue weighted by molar-refractivity contribution is 6.22. The number of hydrogen-bond donors (Lipinski definition) is 0. The number of alkyl halides is 1. The maximum atomic E-state index is 6.39. The van der Waals surface area contributed by atoms with Gasteiger partial charge in [-0.25, -0.2) is 0 Å². The Hall–Kier alpha value is -1.34. The number of aryl methyl sites for hydroxylation is 1. The zero-order valence-corrected chi connectivity index (χ0v) is 9.98. The van der Waals surface area contributed by atoms with Crippen molar-refractivity contribution in [2.75, 3.05) is 0 Å². The van der Waals surface area contributed by atoms with Crippen molar-refractivity contribution in [1.82, 2.24) is 4.98 Å². The summed E-state index contributed by atoms with van der Waals surface area (Å²) in [5, 5.41) is -0.111. The van der Waals surface area contributed by atoms with E-state index in [9.17, 15) is 0 Å². The lowest BCUT2D eigenvalue weighted by Crippen LogP contribution is -1.94. The highest BCUT2D eigenvalue weighted by Gasteiger charge is 2.09. The van der Waals surface area contributed by atoms with Gasteiger partial charge in [0.25, 0.3) is 0 Å². The van der Waals surface area contributed by atoms with Crippen molar-refractivity contribution in [1.29, 1.82) is 0 Å². The van der Waals surface area contributed by atoms with Crippen LogP contribution in [0, 0.1) is 0 Å². The summed E-state index contributed by atoms with van der Waals surface area (Å²) in [5.74, 6) is 0. The van der Waals surface area contributed by atoms with Crippen LogP contribution in [-0.2, 0) is 6.42 Å². The standard InChI is InChI=1S/C14H14ClN/c1-2-11-5-7-12(8-6-11)14(15)13-4-3-9-16-10-13/h3-10,14H,2H2,1H3. The smallest absolute Gasteiger partial charge is 0.0850 e. The maximum Gasteiger partial charge on any atom is 0.0850 e. The highest BCUT2D eigenvalue weighted by Crippen LogP contribution is 2.28. The average molecular weight is 232 g/mol. The van der Waals surface area contributed by atoms with Crippen LogP contribution in [0.5, 0.6) is 0 Å². The third-order valence-electron chi connectivity index (χ3n) is 2.66. The van der Waals surface area contributed by atoms with E-state index in [4.69, 9.17) is 11.6 Å². The van der Waals surface area contributed by atoms with Crippen molar-refractivity contribution in [3.05, 3.63) is 65.5 Å². The summed E-state index contributed by atoms with van der Waals surface area (Å²) in [7, 11) is 0. The van der Waals surface area contributed by atoms with Crippen molar-refractivity contribution in [3.63, 3.8) is 0 Å². The minimum atomic E-state index is -0.111. The Kier molecular flexibility index (Phi) is 3.58. The Morgan fingerprint density at radius 1 is 1.12 bits per heavy atom. The van der Waals surface area contributed by atoms with E-state index in [1.807, 2.05) is 18.3 Å². The van der Waals surface area contributed by atoms with E-state index in [-0.39, 0.29) is 5.38 Å². The zero-order valence-electron chi connectivity index (χ0n) is 9.23. The fraction of sp³-hybridized carbons (Fsp3) is 0.214. The monoisotopic (exact) mass is 231 g/mol. The number of hydrogen-bond acceptors (Lipinski definition) is 1. The van der Waals surface area contributed by atoms with Gasteiger partial charge in [0.15, 0.2) is 0 Å². The van der Waals surface area contributed by atoms with Gasteiger partial charge >= 0.3 is 0 Å². The molecule has 1 nitrogen and oxygen atoms in total. The van der Waals surface area contributed by atoms with Gasteiger partial charge in [-0.05, 0) is 29.2 Å². The lowest BCUT2D eigenvalue weighted by atomic mass is 10.0. The van der Waals surface area contributed by atoms with Crippen molar-refractivity contribution in [2.45, 2.75) is 18.7 Å². The molecule has 0 fully saturated rings. The largest absolute Gasteiger partial charge is 0.264 e. The van der Waals surface area contributed by atoms with E-state index >= 15 is 0 Å². The second-order valence-electron chi connectivity index (χ2n) is 3.74. The molecule has 16 heavy (non-hydrogen) atoms. The summed E-state index contributed by atoms with van der Waals surface area (Å²) < 4.78 is 0. The van der Waals surface area contributed by atoms with Gasteiger partial charge < -0.3 is 0 Å². The van der Waals surface area contributed by atoms with Crippen LogP contribution in [0.1, 0.15) is 29.0 Å². The van der Waals surface area contributed by atoms with Gasteiger partial charge in [0.2, 0.25) is 0 Å². The first kappa shape index (κ1) is 11.2. The molecule has 0 aliphatic heterocycles. The van der Waals surface area contributed by atoms with Gasteiger partial charge in [0, 0.05) is 12.4 Å². The lowest BCUT2D eigenvalue weighted by Gasteiger charge is -2.10. The molecule has 0 N–H and O–H groups in total. The number of nitrogens with zero attached hydrogens (tertiary/aromatic N) is 1. The highest BCUT2D eigenvalue weighted by atomic mass is 35.5. The Balaban J connectivity index is 2.24. The van der Waals surface area contributed by atoms with Gasteiger partial charge in [0.05, 0.1) is 5.38 Å². The van der Waals surface area contributed by atoms with Crippen LogP contribution in [0.2, 0.25) is 0 Å². The molecule has 0 spiro atoms. The van der Waals surface area contributed by atoms with Gasteiger partial charge in [-0.15, -0.1) is 11.6 Å². The average Bonchev–Trinajstić information content (AvgIpc) is 2.39. The number of aromatic nitrogens is 1. The Bertz CT molecular complexity index is 436. The third-order valence-corrected chi connectivity index (χ3v) is 3.16. The quantitative estimate of drug-likeness (QED) is 0.729. The van der Waals surface area contributed by atoms with E-state index < -0.39 is 0 Å². The van der Waals surface area contributed by atoms with Crippen LogP contribution in [0.15, 0.2) is 48.8 Å². The summed E-state index contributed by atoms with van der Waals surface area (Å²) in [6.45, 7) is 2.15. The predicted octanol–water partition coefficient (Wildman–Crippen LogP) is 3.97. The van der Waals surface area contributed by atoms with E-state index in [1.165, 1.54) is 5.56 Å². The summed E-state index contributed by atoms with van der Waals surface area (Å²) in [5.41, 5.74) is 3.49. The molecule has 82 valence electrons. The first-order chi connectivity index (χ1) is 7.81. The van der Waals surface area contributed by atoms with Crippen LogP contribution in [0.25, 0.3) is 0 Å². The minimum Gasteiger partial charge on any atom is -0.264 e. The second-order valence-corrected chi connectivity index (χ2v) is 4.18. The molecule has 0 aliphatic rings. The van der Waals surface area contributed by atoms with Crippen LogP contribution in [0.4, 0.5) is 0 Å². The molecule has 1 unspecified atom stereocenters. The number of benzene rings is 1. The molecule has 2 rings (SSSR count). The second kappa shape index (κ2) is 5.13. The normalized spacial score (nSPS) is 12.4. The van der Waals surface area contributed by atoms with Gasteiger partial charge in [-0.3, -0.25) is 4.98 Å². The molecule has 0 bridgehead atoms. The molecule has 0 aliphatic carbocycles. The Labute approximate surface area is 101 Å². The predicted molar refractivity (Wildman–Crippen MR) is 67.8 cm³/mol. The molecule has 1 aromatic carbocycles. The molecule has 1 atom stereocenters. The Morgan fingerprint density at radius 2 is 1.88 bits per heavy atom. The SMILES string of the molecule is CCc1ccc(C(Cl)c2cccnc2)cc1. The van der Waals surface area contributed by atoms with E-state index in [1.54, 1.807) is 6.20 Å². The number of rotatable bonds is 3. The molecule has 0 radical (unpaired) electrons. The molecule has 1 heterocycles. The van der Waals surface area contributed by atoms with Crippen molar-refractivity contribution < 1.29 is 0 Å². The number of halogens is 1. The molecule has 0 amide bonds. The first-order valence-corrected chi connectivity index (χ1v) is 5.87. The number of pyridine rings is 1. The van der Waals surface area contributed by atoms with Gasteiger partial charge in [-0.2, -0.15) is 0 Å². The van der Waals surface area contributed by atoms with Crippen molar-refractivity contribution in [3.8, 4) is 0 Å². The topological polar surface area (TPSA) is 12.9 Å². The molecular weight excluding hydrogens is 218 g/mol. The summed E-state index contributed by atoms with van der Waals surface area (Å²) in [6, 6.07) is 12.3. The van der Waals surface area contributed by atoms with Crippen LogP contribution < -0.4 is 0 Å². The van der Waals surface area contributed by atoms with Crippen molar-refractivity contribution >= 4 is 11.6 Å². The zero-order chi connectivity index (χ0) is 11.4. The van der Waals surface area contributed by atoms with Crippen molar-refractivity contribution in [2.24, 2.45) is 0 Å². The maximum absolute atomic E-state index is 6.39. The fourth-order valence-electron chi connectivity index (χ4n) is 1.64. The first-order valence-electron chi connectivity index (χ1n) is 5.44. The molecule has 2 aromatic rings. The molecule has 0 saturated carbocycles. The van der Waals surface area contributed by atoms with E-state index in [0.717, 1.165) is 17.5 Å². The molecule has 1 aromatic heterocycles. The molecule has 0 saturated heterocycles. The summed E-state index contributed by atoms with van der Waals surface area (Å²) in [4.78, 5) is 4.08. The Morgan fingerprint density at radius 3 is 2.44 bits per heavy atom. The third kappa shape index (κ3) is 2.42. The van der Waals surface area contributed by atoms with Crippen LogP contribution >= 0.6 is 11.6 Å². The van der Waals surface area contributed by atoms with Gasteiger partial charge in [0.1, 0.15) is 0 Å². The minimum absolute atomic E-state index is 0.111. The van der Waals surface area contributed by atoms with E-state index in [0.29, 0.717) is 0 Å². The van der Waals surface area contributed by atoms with Crippen LogP contribution in [0.3, 0.4) is 0 Å². The molecule has 2 heteroatoms. The van der Waals surface area contributed by atoms with E-state index in [2.05, 4.69) is 36.2 Å².